The summed E-state index contributed by atoms with van der Waals surface area (Å²) in [4.78, 5) is 0. The predicted molar refractivity (Wildman–Crippen MR) is 115 cm³/mol. The van der Waals surface area contributed by atoms with Gasteiger partial charge in [0.15, 0.2) is 11.5 Å². The maximum absolute atomic E-state index is 14.0. The fourth-order valence-electron chi connectivity index (χ4n) is 3.38. The minimum absolute atomic E-state index is 0.150. The summed E-state index contributed by atoms with van der Waals surface area (Å²) in [6, 6.07) is 23.2. The van der Waals surface area contributed by atoms with Gasteiger partial charge in [-0.05, 0) is 24.1 Å². The van der Waals surface area contributed by atoms with Gasteiger partial charge in [0.25, 0.3) is 0 Å². The Morgan fingerprint density at radius 3 is 2.34 bits per heavy atom. The van der Waals surface area contributed by atoms with E-state index in [1.54, 1.807) is 19.2 Å². The van der Waals surface area contributed by atoms with E-state index in [9.17, 15) is 4.39 Å². The lowest BCUT2D eigenvalue weighted by atomic mass is 10.0. The van der Waals surface area contributed by atoms with Crippen LogP contribution in [0.4, 0.5) is 4.39 Å². The lowest BCUT2D eigenvalue weighted by Gasteiger charge is -2.21. The predicted octanol–water partition coefficient (Wildman–Crippen LogP) is 6.04. The summed E-state index contributed by atoms with van der Waals surface area (Å²) in [7, 11) is 1.62. The largest absolute Gasteiger partial charge is 0.493 e. The molecule has 0 aliphatic heterocycles. The molecule has 0 aliphatic carbocycles. The molecule has 152 valence electrons. The molecule has 0 fully saturated rings. The number of benzene rings is 3. The van der Waals surface area contributed by atoms with E-state index in [0.29, 0.717) is 23.6 Å². The van der Waals surface area contributed by atoms with Gasteiger partial charge >= 0.3 is 0 Å². The molecule has 3 rings (SSSR count). The fourth-order valence-corrected chi connectivity index (χ4v) is 3.38. The highest BCUT2D eigenvalue weighted by atomic mass is 19.1. The molecule has 0 saturated heterocycles. The molecule has 1 atom stereocenters. The second kappa shape index (κ2) is 10.6. The van der Waals surface area contributed by atoms with E-state index in [4.69, 9.17) is 9.47 Å². The van der Waals surface area contributed by atoms with Crippen LogP contribution in [0.25, 0.3) is 0 Å². The molecule has 0 saturated carbocycles. The van der Waals surface area contributed by atoms with E-state index < -0.39 is 0 Å². The maximum atomic E-state index is 14.0. The number of hydrogen-bond donors (Lipinski definition) is 1. The van der Waals surface area contributed by atoms with Gasteiger partial charge in [-0.25, -0.2) is 4.39 Å². The standard InChI is InChI=1S/C25H28FNO2/c1-3-10-23(19-11-5-4-6-12-19)27-17-20-14-9-16-24(28-2)25(20)29-18-21-13-7-8-15-22(21)26/h4-9,11-16,23,27H,3,10,17-18H2,1-2H3. The van der Waals surface area contributed by atoms with Crippen molar-refractivity contribution in [3.05, 3.63) is 95.3 Å². The van der Waals surface area contributed by atoms with Crippen LogP contribution >= 0.6 is 0 Å². The summed E-state index contributed by atoms with van der Waals surface area (Å²) < 4.78 is 25.5. The van der Waals surface area contributed by atoms with Crippen LogP contribution < -0.4 is 14.8 Å². The molecule has 0 aliphatic rings. The van der Waals surface area contributed by atoms with Gasteiger partial charge in [0, 0.05) is 23.7 Å². The lowest BCUT2D eigenvalue weighted by Crippen LogP contribution is -2.21. The summed E-state index contributed by atoms with van der Waals surface area (Å²) in [5, 5.41) is 3.64. The molecule has 0 spiro atoms. The first-order chi connectivity index (χ1) is 14.2. The van der Waals surface area contributed by atoms with Crippen LogP contribution in [0.1, 0.15) is 42.5 Å². The van der Waals surface area contributed by atoms with Crippen molar-refractivity contribution in [3.8, 4) is 11.5 Å². The molecular weight excluding hydrogens is 365 g/mol. The Hall–Kier alpha value is -2.85. The van der Waals surface area contributed by atoms with Gasteiger partial charge in [0.1, 0.15) is 12.4 Å². The Labute approximate surface area is 172 Å². The van der Waals surface area contributed by atoms with Crippen molar-refractivity contribution in [1.82, 2.24) is 5.32 Å². The molecular formula is C25H28FNO2. The van der Waals surface area contributed by atoms with Crippen molar-refractivity contribution in [2.45, 2.75) is 39.0 Å². The van der Waals surface area contributed by atoms with Crippen molar-refractivity contribution in [1.29, 1.82) is 0 Å². The molecule has 1 unspecified atom stereocenters. The Bertz CT molecular complexity index is 898. The fraction of sp³-hybridized carbons (Fsp3) is 0.280. The molecule has 0 radical (unpaired) electrons. The summed E-state index contributed by atoms with van der Waals surface area (Å²) in [6.45, 7) is 2.96. The second-order valence-corrected chi connectivity index (χ2v) is 6.96. The SMILES string of the molecule is CCCC(NCc1cccc(OC)c1OCc1ccccc1F)c1ccccc1. The van der Waals surface area contributed by atoms with Crippen molar-refractivity contribution in [2.24, 2.45) is 0 Å². The number of nitrogens with one attached hydrogen (secondary N) is 1. The van der Waals surface area contributed by atoms with Crippen LogP contribution in [-0.4, -0.2) is 7.11 Å². The Balaban J connectivity index is 1.77. The van der Waals surface area contributed by atoms with Crippen molar-refractivity contribution >= 4 is 0 Å². The highest BCUT2D eigenvalue weighted by molar-refractivity contribution is 5.47. The molecule has 3 aromatic carbocycles. The first kappa shape index (κ1) is 20.9. The smallest absolute Gasteiger partial charge is 0.166 e. The zero-order chi connectivity index (χ0) is 20.5. The lowest BCUT2D eigenvalue weighted by molar-refractivity contribution is 0.275. The van der Waals surface area contributed by atoms with Crippen molar-refractivity contribution in [2.75, 3.05) is 7.11 Å². The molecule has 0 aromatic heterocycles. The van der Waals surface area contributed by atoms with Crippen LogP contribution in [0.15, 0.2) is 72.8 Å². The van der Waals surface area contributed by atoms with Crippen LogP contribution in [0.3, 0.4) is 0 Å². The Morgan fingerprint density at radius 2 is 1.62 bits per heavy atom. The Morgan fingerprint density at radius 1 is 0.897 bits per heavy atom. The van der Waals surface area contributed by atoms with Crippen LogP contribution in [0.2, 0.25) is 0 Å². The average Bonchev–Trinajstić information content (AvgIpc) is 2.77. The van der Waals surface area contributed by atoms with Gasteiger partial charge in [-0.3, -0.25) is 0 Å². The third kappa shape index (κ3) is 5.58. The van der Waals surface area contributed by atoms with Gasteiger partial charge in [0.05, 0.1) is 7.11 Å². The topological polar surface area (TPSA) is 30.5 Å². The van der Waals surface area contributed by atoms with Gasteiger partial charge in [-0.15, -0.1) is 0 Å². The molecule has 0 bridgehead atoms. The number of halogens is 1. The summed E-state index contributed by atoms with van der Waals surface area (Å²) in [5.41, 5.74) is 2.77. The number of methoxy groups -OCH3 is 1. The van der Waals surface area contributed by atoms with Gasteiger partial charge in [0.2, 0.25) is 0 Å². The minimum atomic E-state index is -0.269. The normalized spacial score (nSPS) is 11.8. The number of ether oxygens (including phenoxy) is 2. The molecule has 4 heteroatoms. The maximum Gasteiger partial charge on any atom is 0.166 e. The first-order valence-electron chi connectivity index (χ1n) is 10.0. The molecule has 0 heterocycles. The number of rotatable bonds is 10. The van der Waals surface area contributed by atoms with Crippen molar-refractivity contribution in [3.63, 3.8) is 0 Å². The quantitative estimate of drug-likeness (QED) is 0.455. The minimum Gasteiger partial charge on any atom is -0.493 e. The summed E-state index contributed by atoms with van der Waals surface area (Å²) in [6.07, 6.45) is 2.13. The molecule has 3 aromatic rings. The highest BCUT2D eigenvalue weighted by Gasteiger charge is 2.15. The zero-order valence-corrected chi connectivity index (χ0v) is 17.0. The zero-order valence-electron chi connectivity index (χ0n) is 17.0. The highest BCUT2D eigenvalue weighted by Crippen LogP contribution is 2.32. The first-order valence-corrected chi connectivity index (χ1v) is 10.0. The summed E-state index contributed by atoms with van der Waals surface area (Å²) in [5.74, 6) is 1.02. The van der Waals surface area contributed by atoms with E-state index in [-0.39, 0.29) is 18.5 Å². The van der Waals surface area contributed by atoms with Gasteiger partial charge in [-0.1, -0.05) is 74.0 Å². The van der Waals surface area contributed by atoms with Gasteiger partial charge < -0.3 is 14.8 Å². The van der Waals surface area contributed by atoms with E-state index in [1.807, 2.05) is 30.3 Å². The number of para-hydroxylation sites is 1. The third-order valence-corrected chi connectivity index (χ3v) is 4.93. The van der Waals surface area contributed by atoms with E-state index in [1.165, 1.54) is 11.6 Å². The Kier molecular flexibility index (Phi) is 7.65. The number of hydrogen-bond acceptors (Lipinski definition) is 3. The van der Waals surface area contributed by atoms with E-state index in [2.05, 4.69) is 36.5 Å². The monoisotopic (exact) mass is 393 g/mol. The molecule has 3 nitrogen and oxygen atoms in total. The molecule has 29 heavy (non-hydrogen) atoms. The van der Waals surface area contributed by atoms with Gasteiger partial charge in [-0.2, -0.15) is 0 Å². The van der Waals surface area contributed by atoms with Crippen LogP contribution in [-0.2, 0) is 13.2 Å². The second-order valence-electron chi connectivity index (χ2n) is 6.96. The third-order valence-electron chi connectivity index (χ3n) is 4.93. The summed E-state index contributed by atoms with van der Waals surface area (Å²) >= 11 is 0. The van der Waals surface area contributed by atoms with Crippen LogP contribution in [0, 0.1) is 5.82 Å². The molecule has 1 N–H and O–H groups in total. The van der Waals surface area contributed by atoms with E-state index in [0.717, 1.165) is 18.4 Å². The van der Waals surface area contributed by atoms with Crippen molar-refractivity contribution < 1.29 is 13.9 Å². The molecule has 0 amide bonds. The van der Waals surface area contributed by atoms with E-state index >= 15 is 0 Å². The van der Waals surface area contributed by atoms with Crippen LogP contribution in [0.5, 0.6) is 11.5 Å². The average molecular weight is 394 g/mol.